The Morgan fingerprint density at radius 1 is 1.15 bits per heavy atom. The maximum Gasteiger partial charge on any atom is 0.257 e. The fraction of sp³-hybridized carbons (Fsp3) is 0.0952. The van der Waals surface area contributed by atoms with Crippen LogP contribution >= 0.6 is 0 Å². The third-order valence-electron chi connectivity index (χ3n) is 4.26. The maximum absolute atomic E-state index is 12.4. The predicted octanol–water partition coefficient (Wildman–Crippen LogP) is 4.46. The third-order valence-corrected chi connectivity index (χ3v) is 4.26. The molecule has 0 radical (unpaired) electrons. The summed E-state index contributed by atoms with van der Waals surface area (Å²) in [6.45, 7) is 3.73. The van der Waals surface area contributed by atoms with Gasteiger partial charge in [0.05, 0.1) is 11.1 Å². The van der Waals surface area contributed by atoms with Crippen LogP contribution in [0.15, 0.2) is 59.3 Å². The summed E-state index contributed by atoms with van der Waals surface area (Å²) >= 11 is 0. The Morgan fingerprint density at radius 3 is 2.78 bits per heavy atom. The number of phenols is 1. The van der Waals surface area contributed by atoms with Crippen molar-refractivity contribution >= 4 is 22.7 Å². The van der Waals surface area contributed by atoms with Crippen LogP contribution in [0.4, 0.5) is 5.69 Å². The Bertz CT molecular complexity index is 1150. The van der Waals surface area contributed by atoms with Gasteiger partial charge in [-0.05, 0) is 61.4 Å². The summed E-state index contributed by atoms with van der Waals surface area (Å²) in [6.07, 6.45) is 3.10. The standard InChI is InChI=1S/C21H17N3O3/c1-12-5-6-18-17(8-12)24-21(27-18)16-10-15(9-13(2)19(16)25)23-20(26)14-4-3-7-22-11-14/h3-11,25H,1-2H3,(H,23,26). The molecule has 0 aliphatic heterocycles. The second kappa shape index (κ2) is 6.57. The number of amides is 1. The summed E-state index contributed by atoms with van der Waals surface area (Å²) in [5.74, 6) is 0.0821. The van der Waals surface area contributed by atoms with Gasteiger partial charge in [0.25, 0.3) is 5.91 Å². The van der Waals surface area contributed by atoms with Gasteiger partial charge in [0, 0.05) is 18.1 Å². The number of nitrogens with zero attached hydrogens (tertiary/aromatic N) is 2. The lowest BCUT2D eigenvalue weighted by Gasteiger charge is -2.10. The summed E-state index contributed by atoms with van der Waals surface area (Å²) in [6, 6.07) is 12.4. The largest absolute Gasteiger partial charge is 0.507 e. The molecule has 2 N–H and O–H groups in total. The fourth-order valence-electron chi connectivity index (χ4n) is 2.87. The van der Waals surface area contributed by atoms with E-state index < -0.39 is 0 Å². The summed E-state index contributed by atoms with van der Waals surface area (Å²) < 4.78 is 5.80. The number of aryl methyl sites for hydroxylation is 2. The lowest BCUT2D eigenvalue weighted by atomic mass is 10.1. The van der Waals surface area contributed by atoms with Crippen LogP contribution in [-0.4, -0.2) is 21.0 Å². The van der Waals surface area contributed by atoms with Crippen LogP contribution in [0.25, 0.3) is 22.6 Å². The van der Waals surface area contributed by atoms with Crippen LogP contribution in [0.5, 0.6) is 5.75 Å². The number of hydrogen-bond donors (Lipinski definition) is 2. The molecule has 2 heterocycles. The topological polar surface area (TPSA) is 88.2 Å². The molecule has 0 saturated heterocycles. The van der Waals surface area contributed by atoms with Gasteiger partial charge in [0.1, 0.15) is 11.3 Å². The van der Waals surface area contributed by atoms with Crippen molar-refractivity contribution in [3.63, 3.8) is 0 Å². The average molecular weight is 359 g/mol. The second-order valence-electron chi connectivity index (χ2n) is 6.38. The monoisotopic (exact) mass is 359 g/mol. The number of oxazole rings is 1. The third kappa shape index (κ3) is 3.25. The lowest BCUT2D eigenvalue weighted by molar-refractivity contribution is 0.102. The van der Waals surface area contributed by atoms with Crippen molar-refractivity contribution in [3.05, 3.63) is 71.5 Å². The normalized spacial score (nSPS) is 10.9. The fourth-order valence-corrected chi connectivity index (χ4v) is 2.87. The van der Waals surface area contributed by atoms with E-state index >= 15 is 0 Å². The number of nitrogens with one attached hydrogen (secondary N) is 1. The molecule has 4 rings (SSSR count). The molecule has 6 heteroatoms. The first-order valence-corrected chi connectivity index (χ1v) is 8.44. The first-order valence-electron chi connectivity index (χ1n) is 8.44. The van der Waals surface area contributed by atoms with Gasteiger partial charge in [-0.2, -0.15) is 0 Å². The highest BCUT2D eigenvalue weighted by atomic mass is 16.3. The number of rotatable bonds is 3. The van der Waals surface area contributed by atoms with Crippen LogP contribution in [0.2, 0.25) is 0 Å². The number of benzene rings is 2. The minimum absolute atomic E-state index is 0.0673. The summed E-state index contributed by atoms with van der Waals surface area (Å²) in [5, 5.41) is 13.3. The molecule has 27 heavy (non-hydrogen) atoms. The number of carbonyl (C=O) groups excluding carboxylic acids is 1. The van der Waals surface area contributed by atoms with Gasteiger partial charge in [-0.1, -0.05) is 6.07 Å². The van der Waals surface area contributed by atoms with Crippen molar-refractivity contribution < 1.29 is 14.3 Å². The highest BCUT2D eigenvalue weighted by Crippen LogP contribution is 2.36. The van der Waals surface area contributed by atoms with Crippen LogP contribution < -0.4 is 5.32 Å². The zero-order valence-corrected chi connectivity index (χ0v) is 14.9. The lowest BCUT2D eigenvalue weighted by Crippen LogP contribution is -2.12. The minimum atomic E-state index is -0.285. The van der Waals surface area contributed by atoms with Crippen molar-refractivity contribution in [2.75, 3.05) is 5.32 Å². The minimum Gasteiger partial charge on any atom is -0.507 e. The number of aromatic hydroxyl groups is 1. The number of anilines is 1. The first-order chi connectivity index (χ1) is 13.0. The highest BCUT2D eigenvalue weighted by molar-refractivity contribution is 6.04. The molecule has 1 amide bonds. The molecule has 2 aromatic carbocycles. The second-order valence-corrected chi connectivity index (χ2v) is 6.38. The zero-order valence-electron chi connectivity index (χ0n) is 14.9. The molecule has 4 aromatic rings. The molecule has 6 nitrogen and oxygen atoms in total. The van der Waals surface area contributed by atoms with Gasteiger partial charge in [-0.3, -0.25) is 9.78 Å². The van der Waals surface area contributed by atoms with Crippen LogP contribution in [0, 0.1) is 13.8 Å². The maximum atomic E-state index is 12.4. The number of phenolic OH excluding ortho intramolecular Hbond substituents is 1. The number of hydrogen-bond acceptors (Lipinski definition) is 5. The van der Waals surface area contributed by atoms with Crippen molar-refractivity contribution in [1.82, 2.24) is 9.97 Å². The zero-order chi connectivity index (χ0) is 19.0. The SMILES string of the molecule is Cc1ccc2oc(-c3cc(NC(=O)c4cccnc4)cc(C)c3O)nc2c1. The van der Waals surface area contributed by atoms with E-state index in [4.69, 9.17) is 4.42 Å². The predicted molar refractivity (Wildman–Crippen MR) is 103 cm³/mol. The highest BCUT2D eigenvalue weighted by Gasteiger charge is 2.17. The smallest absolute Gasteiger partial charge is 0.257 e. The summed E-state index contributed by atoms with van der Waals surface area (Å²) in [7, 11) is 0. The molecule has 0 atom stereocenters. The van der Waals surface area contributed by atoms with Gasteiger partial charge in [-0.15, -0.1) is 0 Å². The number of aromatic nitrogens is 2. The molecule has 0 fully saturated rings. The molecule has 0 bridgehead atoms. The molecule has 0 saturated carbocycles. The number of carbonyl (C=O) groups is 1. The molecule has 2 aromatic heterocycles. The Kier molecular flexibility index (Phi) is 4.08. The Hall–Kier alpha value is -3.67. The summed E-state index contributed by atoms with van der Waals surface area (Å²) in [4.78, 5) is 20.8. The van der Waals surface area contributed by atoms with Crippen molar-refractivity contribution in [3.8, 4) is 17.2 Å². The van der Waals surface area contributed by atoms with Crippen LogP contribution in [0.3, 0.4) is 0 Å². The Morgan fingerprint density at radius 2 is 2.00 bits per heavy atom. The number of fused-ring (bicyclic) bond motifs is 1. The van der Waals surface area contributed by atoms with Crippen molar-refractivity contribution in [2.24, 2.45) is 0 Å². The molecule has 0 unspecified atom stereocenters. The van der Waals surface area contributed by atoms with E-state index in [-0.39, 0.29) is 11.7 Å². The van der Waals surface area contributed by atoms with E-state index in [9.17, 15) is 9.90 Å². The van der Waals surface area contributed by atoms with Crippen molar-refractivity contribution in [1.29, 1.82) is 0 Å². The van der Waals surface area contributed by atoms with Crippen LogP contribution in [-0.2, 0) is 0 Å². The van der Waals surface area contributed by atoms with E-state index in [2.05, 4.69) is 15.3 Å². The quantitative estimate of drug-likeness (QED) is 0.527. The van der Waals surface area contributed by atoms with Gasteiger partial charge >= 0.3 is 0 Å². The first kappa shape index (κ1) is 16.8. The molecule has 0 aliphatic carbocycles. The van der Waals surface area contributed by atoms with E-state index in [0.29, 0.717) is 39.4 Å². The van der Waals surface area contributed by atoms with Gasteiger partial charge < -0.3 is 14.8 Å². The van der Waals surface area contributed by atoms with Crippen LogP contribution in [0.1, 0.15) is 21.5 Å². The number of pyridine rings is 1. The molecule has 134 valence electrons. The molecular weight excluding hydrogens is 342 g/mol. The Balaban J connectivity index is 1.73. The molecule has 0 aliphatic rings. The Labute approximate surface area is 155 Å². The van der Waals surface area contributed by atoms with Gasteiger partial charge in [0.15, 0.2) is 5.58 Å². The van der Waals surface area contributed by atoms with E-state index in [0.717, 1.165) is 5.56 Å². The van der Waals surface area contributed by atoms with E-state index in [1.54, 1.807) is 37.4 Å². The van der Waals surface area contributed by atoms with Gasteiger partial charge in [0.2, 0.25) is 5.89 Å². The molecular formula is C21H17N3O3. The average Bonchev–Trinajstić information content (AvgIpc) is 3.08. The van der Waals surface area contributed by atoms with Gasteiger partial charge in [-0.25, -0.2) is 4.98 Å². The van der Waals surface area contributed by atoms with E-state index in [1.165, 1.54) is 6.20 Å². The van der Waals surface area contributed by atoms with Crippen molar-refractivity contribution in [2.45, 2.75) is 13.8 Å². The summed E-state index contributed by atoms with van der Waals surface area (Å²) in [5.41, 5.74) is 4.43. The van der Waals surface area contributed by atoms with E-state index in [1.807, 2.05) is 25.1 Å². The molecule has 0 spiro atoms.